The fourth-order valence-electron chi connectivity index (χ4n) is 2.57. The van der Waals surface area contributed by atoms with Gasteiger partial charge in [0.05, 0.1) is 30.9 Å². The zero-order chi connectivity index (χ0) is 18.5. The Hall–Kier alpha value is -1.35. The second-order valence-corrected chi connectivity index (χ2v) is 8.45. The van der Waals surface area contributed by atoms with E-state index in [9.17, 15) is 18.0 Å². The molecule has 140 valence electrons. The van der Waals surface area contributed by atoms with Crippen LogP contribution in [-0.2, 0) is 28.6 Å². The molecule has 1 saturated carbocycles. The molecule has 0 heterocycles. The van der Waals surface area contributed by atoms with Crippen molar-refractivity contribution in [3.8, 4) is 0 Å². The van der Waals surface area contributed by atoms with E-state index in [0.717, 1.165) is 6.26 Å². The van der Waals surface area contributed by atoms with E-state index in [1.54, 1.807) is 27.7 Å². The van der Waals surface area contributed by atoms with Crippen LogP contribution in [0.25, 0.3) is 0 Å². The number of rotatable bonds is 5. The van der Waals surface area contributed by atoms with Crippen LogP contribution in [0, 0.1) is 5.92 Å². The van der Waals surface area contributed by atoms with Crippen molar-refractivity contribution in [2.45, 2.75) is 64.7 Å². The molecule has 24 heavy (non-hydrogen) atoms. The minimum absolute atomic E-state index is 0.234. The van der Waals surface area contributed by atoms with Crippen LogP contribution < -0.4 is 5.32 Å². The smallest absolute Gasteiger partial charge is 0.407 e. The van der Waals surface area contributed by atoms with Gasteiger partial charge in [0, 0.05) is 0 Å². The first kappa shape index (κ1) is 20.7. The van der Waals surface area contributed by atoms with Gasteiger partial charge in [-0.1, -0.05) is 0 Å². The molecule has 1 N–H and O–H groups in total. The van der Waals surface area contributed by atoms with Crippen molar-refractivity contribution in [1.29, 1.82) is 0 Å². The molecule has 0 spiro atoms. The van der Waals surface area contributed by atoms with Crippen molar-refractivity contribution < 1.29 is 31.7 Å². The highest BCUT2D eigenvalue weighted by Gasteiger charge is 2.38. The Kier molecular flexibility index (Phi) is 7.03. The van der Waals surface area contributed by atoms with Gasteiger partial charge in [-0.25, -0.2) is 4.79 Å². The number of alkyl carbamates (subject to hydrolysis) is 1. The van der Waals surface area contributed by atoms with Gasteiger partial charge in [0.1, 0.15) is 5.60 Å². The maximum absolute atomic E-state index is 12.0. The van der Waals surface area contributed by atoms with E-state index in [2.05, 4.69) is 5.32 Å². The summed E-state index contributed by atoms with van der Waals surface area (Å²) in [6.07, 6.45) is 0.521. The third-order valence-corrected chi connectivity index (χ3v) is 4.00. The molecule has 1 fully saturated rings. The first-order valence-electron chi connectivity index (χ1n) is 7.95. The molecule has 1 unspecified atom stereocenters. The minimum Gasteiger partial charge on any atom is -0.466 e. The highest BCUT2D eigenvalue weighted by molar-refractivity contribution is 7.86. The molecule has 1 amide bonds. The zero-order valence-corrected chi connectivity index (χ0v) is 15.6. The Morgan fingerprint density at radius 3 is 2.33 bits per heavy atom. The summed E-state index contributed by atoms with van der Waals surface area (Å²) in [6.45, 7) is 7.15. The Bertz CT molecular complexity index is 553. The predicted octanol–water partition coefficient (Wildman–Crippen LogP) is 1.59. The fourth-order valence-corrected chi connectivity index (χ4v) is 3.25. The van der Waals surface area contributed by atoms with E-state index < -0.39 is 39.9 Å². The van der Waals surface area contributed by atoms with Gasteiger partial charge in [0.15, 0.2) is 0 Å². The van der Waals surface area contributed by atoms with Gasteiger partial charge in [-0.3, -0.25) is 8.98 Å². The monoisotopic (exact) mass is 365 g/mol. The summed E-state index contributed by atoms with van der Waals surface area (Å²) in [4.78, 5) is 23.9. The van der Waals surface area contributed by atoms with E-state index in [4.69, 9.17) is 13.7 Å². The van der Waals surface area contributed by atoms with Crippen molar-refractivity contribution in [2.75, 3.05) is 12.9 Å². The number of ether oxygens (including phenoxy) is 2. The Morgan fingerprint density at radius 2 is 1.83 bits per heavy atom. The lowest BCUT2D eigenvalue weighted by Crippen LogP contribution is -2.51. The Balaban J connectivity index is 2.82. The zero-order valence-electron chi connectivity index (χ0n) is 14.8. The molecular formula is C15H27NO7S. The van der Waals surface area contributed by atoms with Gasteiger partial charge in [0.25, 0.3) is 10.1 Å². The second-order valence-electron chi connectivity index (χ2n) is 6.85. The number of nitrogens with one attached hydrogen (secondary N) is 1. The summed E-state index contributed by atoms with van der Waals surface area (Å²) in [7, 11) is -3.68. The molecule has 0 aromatic carbocycles. The van der Waals surface area contributed by atoms with E-state index >= 15 is 0 Å². The first-order chi connectivity index (χ1) is 10.9. The van der Waals surface area contributed by atoms with Crippen LogP contribution in [0.4, 0.5) is 4.79 Å². The van der Waals surface area contributed by atoms with Crippen LogP contribution in [0.3, 0.4) is 0 Å². The van der Waals surface area contributed by atoms with Crippen molar-refractivity contribution in [1.82, 2.24) is 5.32 Å². The third-order valence-electron chi connectivity index (χ3n) is 3.41. The topological polar surface area (TPSA) is 108 Å². The van der Waals surface area contributed by atoms with E-state index in [1.165, 1.54) is 0 Å². The number of carbonyl (C=O) groups excluding carboxylic acids is 2. The predicted molar refractivity (Wildman–Crippen MR) is 86.8 cm³/mol. The molecule has 0 aromatic heterocycles. The molecular weight excluding hydrogens is 338 g/mol. The number of amides is 1. The van der Waals surface area contributed by atoms with Gasteiger partial charge >= 0.3 is 12.1 Å². The Labute approximate surface area is 143 Å². The average Bonchev–Trinajstić information content (AvgIpc) is 2.37. The van der Waals surface area contributed by atoms with Gasteiger partial charge in [0.2, 0.25) is 0 Å². The van der Waals surface area contributed by atoms with Gasteiger partial charge in [-0.2, -0.15) is 8.42 Å². The van der Waals surface area contributed by atoms with Crippen LogP contribution in [-0.4, -0.2) is 51.1 Å². The standard InChI is InChI=1S/C15H27NO7S/c1-6-21-13(17)10-7-8-12(23-24(5,19)20)11(9-10)16-14(18)22-15(2,3)4/h10-12H,6-9H2,1-5H3,(H,16,18)/t10-,11+,12?/m1/s1. The molecule has 1 rings (SSSR count). The van der Waals surface area contributed by atoms with Crippen molar-refractivity contribution in [2.24, 2.45) is 5.92 Å². The maximum atomic E-state index is 12.0. The van der Waals surface area contributed by atoms with Crippen molar-refractivity contribution in [3.05, 3.63) is 0 Å². The molecule has 9 heteroatoms. The molecule has 8 nitrogen and oxygen atoms in total. The van der Waals surface area contributed by atoms with E-state index in [0.29, 0.717) is 12.8 Å². The summed E-state index contributed by atoms with van der Waals surface area (Å²) in [5.74, 6) is -0.768. The number of carbonyl (C=O) groups is 2. The highest BCUT2D eigenvalue weighted by Crippen LogP contribution is 2.29. The van der Waals surface area contributed by atoms with Crippen LogP contribution in [0.1, 0.15) is 47.0 Å². The second kappa shape index (κ2) is 8.15. The summed E-state index contributed by atoms with van der Waals surface area (Å²) >= 11 is 0. The molecule has 0 aliphatic heterocycles. The van der Waals surface area contributed by atoms with Crippen molar-refractivity contribution in [3.63, 3.8) is 0 Å². The van der Waals surface area contributed by atoms with Gasteiger partial charge < -0.3 is 14.8 Å². The van der Waals surface area contributed by atoms with Crippen LogP contribution in [0.5, 0.6) is 0 Å². The molecule has 0 saturated heterocycles. The number of hydrogen-bond acceptors (Lipinski definition) is 7. The minimum atomic E-state index is -3.68. The lowest BCUT2D eigenvalue weighted by molar-refractivity contribution is -0.150. The molecule has 3 atom stereocenters. The molecule has 0 bridgehead atoms. The van der Waals surface area contributed by atoms with Gasteiger partial charge in [-0.15, -0.1) is 0 Å². The van der Waals surface area contributed by atoms with Crippen LogP contribution in [0.15, 0.2) is 0 Å². The third kappa shape index (κ3) is 7.48. The molecule has 1 aliphatic carbocycles. The van der Waals surface area contributed by atoms with E-state index in [-0.39, 0.29) is 19.0 Å². The Morgan fingerprint density at radius 1 is 1.21 bits per heavy atom. The first-order valence-corrected chi connectivity index (χ1v) is 9.77. The molecule has 0 aromatic rings. The summed E-state index contributed by atoms with van der Waals surface area (Å²) in [6, 6.07) is -0.655. The summed E-state index contributed by atoms with van der Waals surface area (Å²) < 4.78 is 38.1. The quantitative estimate of drug-likeness (QED) is 0.582. The highest BCUT2D eigenvalue weighted by atomic mass is 32.2. The normalized spacial score (nSPS) is 25.0. The lowest BCUT2D eigenvalue weighted by Gasteiger charge is -2.35. The van der Waals surface area contributed by atoms with Gasteiger partial charge in [-0.05, 0) is 47.0 Å². The number of esters is 1. The van der Waals surface area contributed by atoms with Crippen molar-refractivity contribution >= 4 is 22.2 Å². The SMILES string of the molecule is CCOC(=O)[C@@H]1CCC(OS(C)(=O)=O)[C@@H](NC(=O)OC(C)(C)C)C1. The van der Waals surface area contributed by atoms with E-state index in [1.807, 2.05) is 0 Å². The summed E-state index contributed by atoms with van der Waals surface area (Å²) in [5.41, 5.74) is -0.688. The fraction of sp³-hybridized carbons (Fsp3) is 0.867. The maximum Gasteiger partial charge on any atom is 0.407 e. The molecule has 0 radical (unpaired) electrons. The molecule has 1 aliphatic rings. The number of hydrogen-bond donors (Lipinski definition) is 1. The lowest BCUT2D eigenvalue weighted by atomic mass is 9.84. The average molecular weight is 365 g/mol. The van der Waals surface area contributed by atoms with Crippen LogP contribution in [0.2, 0.25) is 0 Å². The van der Waals surface area contributed by atoms with Crippen LogP contribution >= 0.6 is 0 Å². The largest absolute Gasteiger partial charge is 0.466 e. The summed E-state index contributed by atoms with van der Waals surface area (Å²) in [5, 5.41) is 2.62.